The summed E-state index contributed by atoms with van der Waals surface area (Å²) in [6, 6.07) is 4.48. The minimum absolute atomic E-state index is 0.0435. The first-order chi connectivity index (χ1) is 9.51. The predicted octanol–water partition coefficient (Wildman–Crippen LogP) is 2.44. The van der Waals surface area contributed by atoms with Crippen molar-refractivity contribution in [1.82, 2.24) is 4.72 Å². The highest BCUT2D eigenvalue weighted by molar-refractivity contribution is 7.89. The fourth-order valence-corrected chi connectivity index (χ4v) is 3.07. The van der Waals surface area contributed by atoms with Crippen LogP contribution in [0.1, 0.15) is 19.8 Å². The Hall–Kier alpha value is -0.820. The fraction of sp³-hybridized carbons (Fsp3) is 0.538. The smallest absolute Gasteiger partial charge is 0.244 e. The topological polar surface area (TPSA) is 64.6 Å². The lowest BCUT2D eigenvalue weighted by Crippen LogP contribution is -2.26. The average Bonchev–Trinajstić information content (AvgIpc) is 2.42. The number of nitrogens with one attached hydrogen (secondary N) is 1. The molecule has 0 bridgehead atoms. The minimum atomic E-state index is -3.63. The van der Waals surface area contributed by atoms with Crippen molar-refractivity contribution < 1.29 is 17.9 Å². The molecule has 0 aliphatic carbocycles. The Morgan fingerprint density at radius 1 is 1.30 bits per heavy atom. The van der Waals surface area contributed by atoms with Gasteiger partial charge in [-0.3, -0.25) is 0 Å². The third-order valence-electron chi connectivity index (χ3n) is 2.52. The second-order valence-corrected chi connectivity index (χ2v) is 6.33. The minimum Gasteiger partial charge on any atom is -0.495 e. The van der Waals surface area contributed by atoms with E-state index in [-0.39, 0.29) is 10.6 Å². The number of methoxy groups -OCH3 is 1. The van der Waals surface area contributed by atoms with Gasteiger partial charge in [0.1, 0.15) is 10.6 Å². The molecule has 0 unspecified atom stereocenters. The SMILES string of the molecule is CCCOCCCNS(=O)(=O)c1cc(Cl)ccc1OC. The van der Waals surface area contributed by atoms with Crippen LogP contribution in [0.25, 0.3) is 0 Å². The molecule has 7 heteroatoms. The molecule has 0 heterocycles. The molecule has 1 aromatic rings. The number of benzene rings is 1. The predicted molar refractivity (Wildman–Crippen MR) is 78.9 cm³/mol. The molecule has 0 spiro atoms. The lowest BCUT2D eigenvalue weighted by Gasteiger charge is -2.11. The van der Waals surface area contributed by atoms with E-state index in [1.54, 1.807) is 6.07 Å². The van der Waals surface area contributed by atoms with E-state index in [4.69, 9.17) is 21.1 Å². The zero-order valence-electron chi connectivity index (χ0n) is 11.7. The van der Waals surface area contributed by atoms with E-state index < -0.39 is 10.0 Å². The third-order valence-corrected chi connectivity index (χ3v) is 4.24. The van der Waals surface area contributed by atoms with E-state index in [1.807, 2.05) is 6.92 Å². The van der Waals surface area contributed by atoms with E-state index in [0.29, 0.717) is 31.2 Å². The van der Waals surface area contributed by atoms with Crippen LogP contribution in [0.5, 0.6) is 5.75 Å². The number of hydrogen-bond acceptors (Lipinski definition) is 4. The van der Waals surface area contributed by atoms with Crippen LogP contribution in [-0.4, -0.2) is 35.3 Å². The second-order valence-electron chi connectivity index (χ2n) is 4.16. The molecular weight excluding hydrogens is 302 g/mol. The zero-order chi connectivity index (χ0) is 15.0. The van der Waals surface area contributed by atoms with Crippen molar-refractivity contribution >= 4 is 21.6 Å². The van der Waals surface area contributed by atoms with E-state index >= 15 is 0 Å². The van der Waals surface area contributed by atoms with Crippen molar-refractivity contribution in [3.05, 3.63) is 23.2 Å². The Morgan fingerprint density at radius 3 is 2.70 bits per heavy atom. The molecule has 5 nitrogen and oxygen atoms in total. The van der Waals surface area contributed by atoms with E-state index in [9.17, 15) is 8.42 Å². The van der Waals surface area contributed by atoms with Crippen LogP contribution in [0.3, 0.4) is 0 Å². The maximum atomic E-state index is 12.2. The summed E-state index contributed by atoms with van der Waals surface area (Å²) in [6.07, 6.45) is 1.56. The Balaban J connectivity index is 2.62. The zero-order valence-corrected chi connectivity index (χ0v) is 13.3. The standard InChI is InChI=1S/C13H20ClNO4S/c1-3-8-19-9-4-7-15-20(16,17)13-10-11(14)5-6-12(13)18-2/h5-6,10,15H,3-4,7-9H2,1-2H3. The first-order valence-corrected chi connectivity index (χ1v) is 8.28. The molecule has 0 saturated carbocycles. The molecular formula is C13H20ClNO4S. The molecule has 0 aromatic heterocycles. The van der Waals surface area contributed by atoms with Gasteiger partial charge in [-0.05, 0) is 31.0 Å². The van der Waals surface area contributed by atoms with Crippen molar-refractivity contribution in [2.45, 2.75) is 24.7 Å². The molecule has 1 aromatic carbocycles. The van der Waals surface area contributed by atoms with Gasteiger partial charge in [0, 0.05) is 24.8 Å². The summed E-state index contributed by atoms with van der Waals surface area (Å²) in [7, 11) is -2.22. The van der Waals surface area contributed by atoms with Gasteiger partial charge in [-0.1, -0.05) is 18.5 Å². The second kappa shape index (κ2) is 8.46. The normalized spacial score (nSPS) is 11.6. The van der Waals surface area contributed by atoms with Crippen LogP contribution in [-0.2, 0) is 14.8 Å². The van der Waals surface area contributed by atoms with Gasteiger partial charge >= 0.3 is 0 Å². The first kappa shape index (κ1) is 17.2. The van der Waals surface area contributed by atoms with Gasteiger partial charge in [-0.25, -0.2) is 13.1 Å². The number of rotatable bonds is 9. The van der Waals surface area contributed by atoms with Gasteiger partial charge in [-0.2, -0.15) is 0 Å². The maximum Gasteiger partial charge on any atom is 0.244 e. The number of ether oxygens (including phenoxy) is 2. The van der Waals surface area contributed by atoms with Crippen LogP contribution in [0.2, 0.25) is 5.02 Å². The molecule has 20 heavy (non-hydrogen) atoms. The first-order valence-electron chi connectivity index (χ1n) is 6.42. The number of halogens is 1. The highest BCUT2D eigenvalue weighted by Crippen LogP contribution is 2.26. The molecule has 0 fully saturated rings. The summed E-state index contributed by atoms with van der Waals surface area (Å²) in [6.45, 7) is 3.55. The molecule has 0 aliphatic rings. The van der Waals surface area contributed by atoms with Gasteiger partial charge < -0.3 is 9.47 Å². The Kier molecular flexibility index (Phi) is 7.29. The summed E-state index contributed by atoms with van der Waals surface area (Å²) in [5, 5.41) is 0.345. The van der Waals surface area contributed by atoms with Gasteiger partial charge in [0.05, 0.1) is 7.11 Å². The lowest BCUT2D eigenvalue weighted by atomic mass is 10.3. The van der Waals surface area contributed by atoms with Gasteiger partial charge in [0.15, 0.2) is 0 Å². The number of sulfonamides is 1. The largest absolute Gasteiger partial charge is 0.495 e. The van der Waals surface area contributed by atoms with E-state index in [1.165, 1.54) is 19.2 Å². The van der Waals surface area contributed by atoms with Crippen LogP contribution in [0.15, 0.2) is 23.1 Å². The molecule has 0 saturated heterocycles. The lowest BCUT2D eigenvalue weighted by molar-refractivity contribution is 0.133. The number of hydrogen-bond donors (Lipinski definition) is 1. The summed E-state index contributed by atoms with van der Waals surface area (Å²) in [4.78, 5) is 0.0435. The fourth-order valence-electron chi connectivity index (χ4n) is 1.57. The maximum absolute atomic E-state index is 12.2. The average molecular weight is 322 g/mol. The van der Waals surface area contributed by atoms with Crippen LogP contribution in [0.4, 0.5) is 0 Å². The molecule has 0 amide bonds. The molecule has 0 radical (unpaired) electrons. The quantitative estimate of drug-likeness (QED) is 0.710. The summed E-state index contributed by atoms with van der Waals surface area (Å²) in [5.41, 5.74) is 0. The van der Waals surface area contributed by atoms with Crippen LogP contribution in [0, 0.1) is 0 Å². The Labute approximate surface area is 125 Å². The van der Waals surface area contributed by atoms with Crippen molar-refractivity contribution in [2.24, 2.45) is 0 Å². The molecule has 0 aliphatic heterocycles. The van der Waals surface area contributed by atoms with Gasteiger partial charge in [0.25, 0.3) is 0 Å². The van der Waals surface area contributed by atoms with Crippen molar-refractivity contribution in [3.63, 3.8) is 0 Å². The summed E-state index contributed by atoms with van der Waals surface area (Å²) in [5.74, 6) is 0.268. The molecule has 114 valence electrons. The van der Waals surface area contributed by atoms with E-state index in [2.05, 4.69) is 4.72 Å². The van der Waals surface area contributed by atoms with Crippen molar-refractivity contribution in [3.8, 4) is 5.75 Å². The monoisotopic (exact) mass is 321 g/mol. The van der Waals surface area contributed by atoms with Gasteiger partial charge in [-0.15, -0.1) is 0 Å². The van der Waals surface area contributed by atoms with E-state index in [0.717, 1.165) is 6.42 Å². The third kappa shape index (κ3) is 5.28. The van der Waals surface area contributed by atoms with Crippen molar-refractivity contribution in [2.75, 3.05) is 26.9 Å². The highest BCUT2D eigenvalue weighted by atomic mass is 35.5. The highest BCUT2D eigenvalue weighted by Gasteiger charge is 2.19. The molecule has 0 atom stereocenters. The van der Waals surface area contributed by atoms with Crippen molar-refractivity contribution in [1.29, 1.82) is 0 Å². The summed E-state index contributed by atoms with van der Waals surface area (Å²) >= 11 is 5.83. The Morgan fingerprint density at radius 2 is 2.05 bits per heavy atom. The molecule has 1 N–H and O–H groups in total. The Bertz CT molecular complexity index is 519. The van der Waals surface area contributed by atoms with Crippen LogP contribution < -0.4 is 9.46 Å². The summed E-state index contributed by atoms with van der Waals surface area (Å²) < 4.78 is 37.2. The molecule has 1 rings (SSSR count). The van der Waals surface area contributed by atoms with Crippen LogP contribution >= 0.6 is 11.6 Å². The van der Waals surface area contributed by atoms with Gasteiger partial charge in [0.2, 0.25) is 10.0 Å².